The minimum Gasteiger partial charge on any atom is -0.353 e. The van der Waals surface area contributed by atoms with E-state index in [1.54, 1.807) is 11.8 Å². The molecular formula is C13H13N3O2S. The third-order valence-electron chi connectivity index (χ3n) is 3.24. The van der Waals surface area contributed by atoms with Crippen molar-refractivity contribution in [2.24, 2.45) is 0 Å². The van der Waals surface area contributed by atoms with Crippen LogP contribution in [0.5, 0.6) is 0 Å². The molecule has 1 aromatic heterocycles. The van der Waals surface area contributed by atoms with Crippen LogP contribution >= 0.6 is 11.3 Å². The highest BCUT2D eigenvalue weighted by atomic mass is 32.1. The molecule has 0 radical (unpaired) electrons. The number of amides is 2. The summed E-state index contributed by atoms with van der Waals surface area (Å²) in [4.78, 5) is 29.9. The lowest BCUT2D eigenvalue weighted by Crippen LogP contribution is -2.55. The van der Waals surface area contributed by atoms with Gasteiger partial charge in [-0.1, -0.05) is 12.1 Å². The minimum absolute atomic E-state index is 0.110. The van der Waals surface area contributed by atoms with Crippen molar-refractivity contribution in [1.82, 2.24) is 15.2 Å². The highest BCUT2D eigenvalue weighted by Gasteiger charge is 2.31. The maximum Gasteiger partial charge on any atom is 0.283 e. The number of hydrogen-bond donors (Lipinski definition) is 1. The average Bonchev–Trinajstić information content (AvgIpc) is 2.85. The molecular weight excluding hydrogens is 262 g/mol. The maximum atomic E-state index is 12.4. The van der Waals surface area contributed by atoms with Gasteiger partial charge in [0.2, 0.25) is 5.91 Å². The van der Waals surface area contributed by atoms with E-state index in [-0.39, 0.29) is 11.8 Å². The van der Waals surface area contributed by atoms with E-state index in [0.29, 0.717) is 18.1 Å². The molecule has 1 aromatic carbocycles. The molecule has 1 atom stereocenters. The summed E-state index contributed by atoms with van der Waals surface area (Å²) in [5.74, 6) is -0.274. The number of hydrogen-bond acceptors (Lipinski definition) is 4. The fraction of sp³-hybridized carbons (Fsp3) is 0.308. The number of para-hydroxylation sites is 1. The van der Waals surface area contributed by atoms with Crippen molar-refractivity contribution in [1.29, 1.82) is 0 Å². The Morgan fingerprint density at radius 2 is 2.26 bits per heavy atom. The number of carbonyl (C=O) groups is 2. The number of benzene rings is 1. The van der Waals surface area contributed by atoms with Gasteiger partial charge >= 0.3 is 0 Å². The molecule has 3 rings (SSSR count). The van der Waals surface area contributed by atoms with Gasteiger partial charge < -0.3 is 10.2 Å². The second-order valence-corrected chi connectivity index (χ2v) is 5.48. The molecule has 2 heterocycles. The summed E-state index contributed by atoms with van der Waals surface area (Å²) in [6.07, 6.45) is 0. The zero-order chi connectivity index (χ0) is 13.4. The fourth-order valence-electron chi connectivity index (χ4n) is 2.15. The van der Waals surface area contributed by atoms with Crippen LogP contribution in [0.25, 0.3) is 10.2 Å². The van der Waals surface area contributed by atoms with Crippen LogP contribution in [-0.2, 0) is 4.79 Å². The molecule has 1 N–H and O–H groups in total. The first-order valence-corrected chi connectivity index (χ1v) is 6.93. The van der Waals surface area contributed by atoms with Gasteiger partial charge in [-0.2, -0.15) is 0 Å². The highest BCUT2D eigenvalue weighted by molar-refractivity contribution is 7.20. The Labute approximate surface area is 114 Å². The van der Waals surface area contributed by atoms with Crippen LogP contribution in [-0.4, -0.2) is 40.8 Å². The van der Waals surface area contributed by atoms with Crippen LogP contribution in [0.3, 0.4) is 0 Å². The molecule has 0 saturated carbocycles. The van der Waals surface area contributed by atoms with Gasteiger partial charge in [0, 0.05) is 13.1 Å². The second kappa shape index (κ2) is 4.62. The predicted molar refractivity (Wildman–Crippen MR) is 73.1 cm³/mol. The molecule has 1 aliphatic rings. The topological polar surface area (TPSA) is 62.3 Å². The van der Waals surface area contributed by atoms with E-state index in [9.17, 15) is 9.59 Å². The van der Waals surface area contributed by atoms with E-state index in [2.05, 4.69) is 10.3 Å². The minimum atomic E-state index is -0.437. The number of fused-ring (bicyclic) bond motifs is 1. The summed E-state index contributed by atoms with van der Waals surface area (Å²) in [6.45, 7) is 2.77. The molecule has 0 spiro atoms. The summed E-state index contributed by atoms with van der Waals surface area (Å²) in [5, 5.41) is 3.19. The van der Waals surface area contributed by atoms with Crippen LogP contribution in [0.1, 0.15) is 16.7 Å². The van der Waals surface area contributed by atoms with Crippen LogP contribution in [0.15, 0.2) is 24.3 Å². The lowest BCUT2D eigenvalue weighted by atomic mass is 10.2. The van der Waals surface area contributed by atoms with E-state index < -0.39 is 6.04 Å². The van der Waals surface area contributed by atoms with Gasteiger partial charge in [0.1, 0.15) is 6.04 Å². The zero-order valence-electron chi connectivity index (χ0n) is 10.4. The monoisotopic (exact) mass is 275 g/mol. The van der Waals surface area contributed by atoms with E-state index in [1.807, 2.05) is 24.3 Å². The lowest BCUT2D eigenvalue weighted by molar-refractivity contribution is -0.127. The molecule has 6 heteroatoms. The van der Waals surface area contributed by atoms with Crippen LogP contribution in [0.4, 0.5) is 0 Å². The molecule has 0 aliphatic carbocycles. The molecule has 2 aromatic rings. The third kappa shape index (κ3) is 2.08. The van der Waals surface area contributed by atoms with Crippen LogP contribution in [0, 0.1) is 0 Å². The average molecular weight is 275 g/mol. The molecule has 1 unspecified atom stereocenters. The summed E-state index contributed by atoms with van der Waals surface area (Å²) in [5.41, 5.74) is 0.824. The van der Waals surface area contributed by atoms with Gasteiger partial charge in [0.05, 0.1) is 10.2 Å². The predicted octanol–water partition coefficient (Wildman–Crippen LogP) is 1.26. The van der Waals surface area contributed by atoms with E-state index in [4.69, 9.17) is 0 Å². The van der Waals surface area contributed by atoms with Crippen molar-refractivity contribution in [2.45, 2.75) is 13.0 Å². The van der Waals surface area contributed by atoms with Crippen molar-refractivity contribution < 1.29 is 9.59 Å². The SMILES string of the molecule is CC1C(=O)NCCN1C(=O)c1nc2ccccc2s1. The van der Waals surface area contributed by atoms with E-state index in [0.717, 1.165) is 10.2 Å². The van der Waals surface area contributed by atoms with Crippen molar-refractivity contribution in [3.63, 3.8) is 0 Å². The van der Waals surface area contributed by atoms with Crippen molar-refractivity contribution in [3.05, 3.63) is 29.3 Å². The number of nitrogens with one attached hydrogen (secondary N) is 1. The Morgan fingerprint density at radius 1 is 1.47 bits per heavy atom. The standard InChI is InChI=1S/C13H13N3O2S/c1-8-11(17)14-6-7-16(8)13(18)12-15-9-4-2-3-5-10(9)19-12/h2-5,8H,6-7H2,1H3,(H,14,17). The molecule has 98 valence electrons. The number of aromatic nitrogens is 1. The largest absolute Gasteiger partial charge is 0.353 e. The van der Waals surface area contributed by atoms with Crippen LogP contribution in [0.2, 0.25) is 0 Å². The van der Waals surface area contributed by atoms with Crippen molar-refractivity contribution in [2.75, 3.05) is 13.1 Å². The third-order valence-corrected chi connectivity index (χ3v) is 4.26. The molecule has 19 heavy (non-hydrogen) atoms. The Morgan fingerprint density at radius 3 is 3.05 bits per heavy atom. The molecule has 5 nitrogen and oxygen atoms in total. The van der Waals surface area contributed by atoms with Crippen molar-refractivity contribution >= 4 is 33.4 Å². The molecule has 0 bridgehead atoms. The van der Waals surface area contributed by atoms with E-state index >= 15 is 0 Å². The van der Waals surface area contributed by atoms with Gasteiger partial charge in [-0.05, 0) is 19.1 Å². The number of thiazole rings is 1. The summed E-state index contributed by atoms with van der Waals surface area (Å²) < 4.78 is 0.986. The molecule has 1 saturated heterocycles. The Balaban J connectivity index is 1.92. The quantitative estimate of drug-likeness (QED) is 0.852. The first-order valence-electron chi connectivity index (χ1n) is 6.11. The molecule has 1 fully saturated rings. The smallest absolute Gasteiger partial charge is 0.283 e. The molecule has 1 aliphatic heterocycles. The van der Waals surface area contributed by atoms with Gasteiger partial charge in [0.25, 0.3) is 5.91 Å². The Hall–Kier alpha value is -1.95. The molecule has 2 amide bonds. The highest BCUT2D eigenvalue weighted by Crippen LogP contribution is 2.23. The van der Waals surface area contributed by atoms with Gasteiger partial charge in [-0.3, -0.25) is 9.59 Å². The van der Waals surface area contributed by atoms with Crippen molar-refractivity contribution in [3.8, 4) is 0 Å². The summed E-state index contributed by atoms with van der Waals surface area (Å²) in [6, 6.07) is 7.21. The van der Waals surface area contributed by atoms with Gasteiger partial charge in [0.15, 0.2) is 5.01 Å². The maximum absolute atomic E-state index is 12.4. The number of piperazine rings is 1. The van der Waals surface area contributed by atoms with Gasteiger partial charge in [-0.25, -0.2) is 4.98 Å². The van der Waals surface area contributed by atoms with Gasteiger partial charge in [-0.15, -0.1) is 11.3 Å². The number of nitrogens with zero attached hydrogens (tertiary/aromatic N) is 2. The Kier molecular flexibility index (Phi) is 2.94. The first kappa shape index (κ1) is 12.1. The zero-order valence-corrected chi connectivity index (χ0v) is 11.2. The Bertz CT molecular complexity index is 619. The summed E-state index contributed by atoms with van der Waals surface area (Å²) >= 11 is 1.37. The first-order chi connectivity index (χ1) is 9.16. The number of rotatable bonds is 1. The van der Waals surface area contributed by atoms with Crippen LogP contribution < -0.4 is 5.32 Å². The van der Waals surface area contributed by atoms with E-state index in [1.165, 1.54) is 11.3 Å². The fourth-order valence-corrected chi connectivity index (χ4v) is 3.07. The number of carbonyl (C=O) groups excluding carboxylic acids is 2. The second-order valence-electron chi connectivity index (χ2n) is 4.45. The summed E-state index contributed by atoms with van der Waals surface area (Å²) in [7, 11) is 0. The lowest BCUT2D eigenvalue weighted by Gasteiger charge is -2.32. The normalized spacial score (nSPS) is 19.5.